The van der Waals surface area contributed by atoms with Crippen molar-refractivity contribution in [1.82, 2.24) is 10.6 Å². The number of hydrogen-bond acceptors (Lipinski definition) is 3. The Morgan fingerprint density at radius 2 is 1.95 bits per heavy atom. The van der Waals surface area contributed by atoms with Gasteiger partial charge in [0.15, 0.2) is 0 Å². The predicted molar refractivity (Wildman–Crippen MR) is 80.0 cm³/mol. The predicted octanol–water partition coefficient (Wildman–Crippen LogP) is 1.09. The minimum Gasteiger partial charge on any atom is -0.399 e. The van der Waals surface area contributed by atoms with Gasteiger partial charge in [-0.3, -0.25) is 9.59 Å². The number of hydrogen-bond donors (Lipinski definition) is 3. The molecule has 0 spiro atoms. The first-order chi connectivity index (χ1) is 9.47. The normalized spacial score (nSPS) is 10.3. The Morgan fingerprint density at radius 1 is 1.20 bits per heavy atom. The van der Waals surface area contributed by atoms with Crippen LogP contribution in [-0.2, 0) is 16.0 Å². The van der Waals surface area contributed by atoms with Crippen molar-refractivity contribution in [2.45, 2.75) is 26.7 Å². The van der Waals surface area contributed by atoms with E-state index in [1.807, 2.05) is 38.1 Å². The number of benzene rings is 1. The third-order valence-corrected chi connectivity index (χ3v) is 2.75. The van der Waals surface area contributed by atoms with Crippen LogP contribution in [0.15, 0.2) is 24.3 Å². The van der Waals surface area contributed by atoms with Crippen molar-refractivity contribution in [3.63, 3.8) is 0 Å². The summed E-state index contributed by atoms with van der Waals surface area (Å²) < 4.78 is 0. The summed E-state index contributed by atoms with van der Waals surface area (Å²) in [4.78, 5) is 23.1. The molecule has 0 saturated carbocycles. The van der Waals surface area contributed by atoms with Crippen LogP contribution in [0.1, 0.15) is 25.8 Å². The van der Waals surface area contributed by atoms with E-state index in [-0.39, 0.29) is 18.4 Å². The number of rotatable bonds is 7. The van der Waals surface area contributed by atoms with Crippen LogP contribution in [0.3, 0.4) is 0 Å². The van der Waals surface area contributed by atoms with Gasteiger partial charge in [-0.05, 0) is 30.0 Å². The average Bonchev–Trinajstić information content (AvgIpc) is 2.40. The fourth-order valence-corrected chi connectivity index (χ4v) is 1.65. The third-order valence-electron chi connectivity index (χ3n) is 2.75. The Bertz CT molecular complexity index is 458. The van der Waals surface area contributed by atoms with E-state index in [0.29, 0.717) is 31.0 Å². The zero-order chi connectivity index (χ0) is 15.0. The number of amides is 2. The van der Waals surface area contributed by atoms with Crippen molar-refractivity contribution >= 4 is 17.5 Å². The molecule has 5 nitrogen and oxygen atoms in total. The Hall–Kier alpha value is -2.04. The van der Waals surface area contributed by atoms with Crippen LogP contribution in [-0.4, -0.2) is 24.9 Å². The van der Waals surface area contributed by atoms with Gasteiger partial charge in [0.05, 0.1) is 6.54 Å². The molecule has 1 rings (SSSR count). The fraction of sp³-hybridized carbons (Fsp3) is 0.467. The summed E-state index contributed by atoms with van der Waals surface area (Å²) in [5.74, 6) is 0.112. The number of nitrogens with one attached hydrogen (secondary N) is 2. The van der Waals surface area contributed by atoms with Crippen LogP contribution in [0.25, 0.3) is 0 Å². The highest BCUT2D eigenvalue weighted by Gasteiger charge is 2.06. The number of carbonyl (C=O) groups is 2. The fourth-order valence-electron chi connectivity index (χ4n) is 1.65. The zero-order valence-corrected chi connectivity index (χ0v) is 12.1. The van der Waals surface area contributed by atoms with Crippen molar-refractivity contribution in [3.05, 3.63) is 29.8 Å². The smallest absolute Gasteiger partial charge is 0.239 e. The number of aryl methyl sites for hydroxylation is 1. The molecule has 0 heterocycles. The molecule has 20 heavy (non-hydrogen) atoms. The van der Waals surface area contributed by atoms with E-state index in [4.69, 9.17) is 5.73 Å². The van der Waals surface area contributed by atoms with Gasteiger partial charge in [0.2, 0.25) is 11.8 Å². The van der Waals surface area contributed by atoms with Crippen LogP contribution in [0.4, 0.5) is 5.69 Å². The van der Waals surface area contributed by atoms with E-state index >= 15 is 0 Å². The standard InChI is InChI=1S/C15H23N3O2/c1-11(2)9-17-15(20)10-18-14(19)7-6-12-4-3-5-13(16)8-12/h3-5,8,11H,6-7,9-10,16H2,1-2H3,(H,17,20)(H,18,19). The van der Waals surface area contributed by atoms with Gasteiger partial charge in [0.25, 0.3) is 0 Å². The van der Waals surface area contributed by atoms with Crippen LogP contribution >= 0.6 is 0 Å². The lowest BCUT2D eigenvalue weighted by Gasteiger charge is -2.08. The number of nitrogens with two attached hydrogens (primary N) is 1. The van der Waals surface area contributed by atoms with E-state index < -0.39 is 0 Å². The molecule has 0 fully saturated rings. The van der Waals surface area contributed by atoms with Crippen LogP contribution in [0.2, 0.25) is 0 Å². The van der Waals surface area contributed by atoms with Gasteiger partial charge in [0.1, 0.15) is 0 Å². The van der Waals surface area contributed by atoms with Crippen molar-refractivity contribution < 1.29 is 9.59 Å². The molecule has 0 aliphatic rings. The molecule has 2 amide bonds. The highest BCUT2D eigenvalue weighted by Crippen LogP contribution is 2.08. The first-order valence-electron chi connectivity index (χ1n) is 6.85. The molecule has 1 aromatic rings. The molecule has 0 unspecified atom stereocenters. The SMILES string of the molecule is CC(C)CNC(=O)CNC(=O)CCc1cccc(N)c1. The van der Waals surface area contributed by atoms with Gasteiger partial charge in [0, 0.05) is 18.7 Å². The first kappa shape index (κ1) is 16.0. The topological polar surface area (TPSA) is 84.2 Å². The van der Waals surface area contributed by atoms with E-state index in [0.717, 1.165) is 5.56 Å². The van der Waals surface area contributed by atoms with Gasteiger partial charge in [-0.1, -0.05) is 26.0 Å². The van der Waals surface area contributed by atoms with Crippen molar-refractivity contribution in [2.24, 2.45) is 5.92 Å². The van der Waals surface area contributed by atoms with Crippen molar-refractivity contribution in [2.75, 3.05) is 18.8 Å². The molecule has 0 radical (unpaired) electrons. The quantitative estimate of drug-likeness (QED) is 0.652. The highest BCUT2D eigenvalue weighted by molar-refractivity contribution is 5.84. The van der Waals surface area contributed by atoms with Gasteiger partial charge < -0.3 is 16.4 Å². The summed E-state index contributed by atoms with van der Waals surface area (Å²) in [5.41, 5.74) is 7.38. The minimum absolute atomic E-state index is 0.0302. The largest absolute Gasteiger partial charge is 0.399 e. The maximum Gasteiger partial charge on any atom is 0.239 e. The second-order valence-corrected chi connectivity index (χ2v) is 5.22. The molecule has 0 atom stereocenters. The van der Waals surface area contributed by atoms with E-state index in [9.17, 15) is 9.59 Å². The highest BCUT2D eigenvalue weighted by atomic mass is 16.2. The van der Waals surface area contributed by atoms with Gasteiger partial charge in [-0.25, -0.2) is 0 Å². The molecule has 0 saturated heterocycles. The number of carbonyl (C=O) groups excluding carboxylic acids is 2. The number of anilines is 1. The molecule has 0 aliphatic carbocycles. The van der Waals surface area contributed by atoms with E-state index in [1.54, 1.807) is 0 Å². The summed E-state index contributed by atoms with van der Waals surface area (Å²) in [6.45, 7) is 4.69. The third kappa shape index (κ3) is 6.78. The van der Waals surface area contributed by atoms with Gasteiger partial charge in [-0.15, -0.1) is 0 Å². The lowest BCUT2D eigenvalue weighted by molar-refractivity contribution is -0.126. The Labute approximate surface area is 119 Å². The average molecular weight is 277 g/mol. The lowest BCUT2D eigenvalue weighted by atomic mass is 10.1. The second-order valence-electron chi connectivity index (χ2n) is 5.22. The van der Waals surface area contributed by atoms with Crippen molar-refractivity contribution in [3.8, 4) is 0 Å². The minimum atomic E-state index is -0.156. The Kier molecular flexibility index (Phi) is 6.56. The maximum atomic E-state index is 11.6. The zero-order valence-electron chi connectivity index (χ0n) is 12.1. The van der Waals surface area contributed by atoms with Gasteiger partial charge >= 0.3 is 0 Å². The summed E-state index contributed by atoms with van der Waals surface area (Å²) >= 11 is 0. The summed E-state index contributed by atoms with van der Waals surface area (Å²) in [5, 5.41) is 5.36. The summed E-state index contributed by atoms with van der Waals surface area (Å²) in [7, 11) is 0. The molecule has 110 valence electrons. The van der Waals surface area contributed by atoms with Crippen molar-refractivity contribution in [1.29, 1.82) is 0 Å². The molecular weight excluding hydrogens is 254 g/mol. The monoisotopic (exact) mass is 277 g/mol. The maximum absolute atomic E-state index is 11.6. The Morgan fingerprint density at radius 3 is 2.60 bits per heavy atom. The number of nitrogen functional groups attached to an aromatic ring is 1. The molecule has 0 aliphatic heterocycles. The van der Waals surface area contributed by atoms with Crippen LogP contribution in [0.5, 0.6) is 0 Å². The Balaban J connectivity index is 2.22. The molecule has 4 N–H and O–H groups in total. The lowest BCUT2D eigenvalue weighted by Crippen LogP contribution is -2.38. The van der Waals surface area contributed by atoms with Crippen LogP contribution < -0.4 is 16.4 Å². The molecule has 1 aromatic carbocycles. The summed E-state index contributed by atoms with van der Waals surface area (Å²) in [6.07, 6.45) is 0.964. The van der Waals surface area contributed by atoms with E-state index in [2.05, 4.69) is 10.6 Å². The van der Waals surface area contributed by atoms with Gasteiger partial charge in [-0.2, -0.15) is 0 Å². The molecule has 0 aromatic heterocycles. The second kappa shape index (κ2) is 8.19. The molecule has 0 bridgehead atoms. The van der Waals surface area contributed by atoms with Crippen LogP contribution in [0, 0.1) is 5.92 Å². The molecule has 5 heteroatoms. The first-order valence-corrected chi connectivity index (χ1v) is 6.85. The summed E-state index contributed by atoms with van der Waals surface area (Å²) in [6, 6.07) is 7.45. The van der Waals surface area contributed by atoms with E-state index in [1.165, 1.54) is 0 Å². The molecular formula is C15H23N3O2.